The molecule has 0 bridgehead atoms. The molecule has 2 rings (SSSR count). The Kier molecular flexibility index (Phi) is 5.58. The number of nitrogens with zero attached hydrogens (tertiary/aromatic N) is 2. The van der Waals surface area contributed by atoms with Gasteiger partial charge in [-0.1, -0.05) is 20.3 Å². The Morgan fingerprint density at radius 3 is 2.63 bits per heavy atom. The van der Waals surface area contributed by atoms with E-state index in [-0.39, 0.29) is 0 Å². The first-order chi connectivity index (χ1) is 9.24. The van der Waals surface area contributed by atoms with Gasteiger partial charge in [-0.2, -0.15) is 5.10 Å². The van der Waals surface area contributed by atoms with Crippen molar-refractivity contribution in [3.63, 3.8) is 0 Å². The zero-order valence-electron chi connectivity index (χ0n) is 12.1. The fourth-order valence-electron chi connectivity index (χ4n) is 2.35. The van der Waals surface area contributed by atoms with E-state index >= 15 is 0 Å². The third-order valence-corrected chi connectivity index (χ3v) is 3.39. The molecule has 0 unspecified atom stereocenters. The molecule has 0 spiro atoms. The van der Waals surface area contributed by atoms with Crippen molar-refractivity contribution in [2.75, 3.05) is 6.54 Å². The van der Waals surface area contributed by atoms with Crippen LogP contribution in [0.3, 0.4) is 0 Å². The zero-order valence-corrected chi connectivity index (χ0v) is 12.1. The molecule has 4 nitrogen and oxygen atoms in total. The van der Waals surface area contributed by atoms with Crippen LogP contribution in [0.5, 0.6) is 5.88 Å². The van der Waals surface area contributed by atoms with E-state index in [1.807, 2.05) is 12.1 Å². The lowest BCUT2D eigenvalue weighted by Gasteiger charge is -2.22. The minimum Gasteiger partial charge on any atom is -0.473 e. The van der Waals surface area contributed by atoms with Gasteiger partial charge in [-0.05, 0) is 44.2 Å². The Morgan fingerprint density at radius 1 is 1.21 bits per heavy atom. The average molecular weight is 263 g/mol. The van der Waals surface area contributed by atoms with E-state index < -0.39 is 0 Å². The van der Waals surface area contributed by atoms with Gasteiger partial charge in [-0.3, -0.25) is 0 Å². The predicted octanol–water partition coefficient (Wildman–Crippen LogP) is 2.93. The maximum Gasteiger partial charge on any atom is 0.233 e. The second-order valence-corrected chi connectivity index (χ2v) is 5.77. The Hall–Kier alpha value is -1.16. The third kappa shape index (κ3) is 5.15. The summed E-state index contributed by atoms with van der Waals surface area (Å²) >= 11 is 0. The Morgan fingerprint density at radius 2 is 2.00 bits per heavy atom. The molecule has 1 aliphatic rings. The molecule has 0 radical (unpaired) electrons. The average Bonchev–Trinajstić information content (AvgIpc) is 2.42. The van der Waals surface area contributed by atoms with E-state index in [4.69, 9.17) is 4.74 Å². The van der Waals surface area contributed by atoms with Crippen molar-refractivity contribution in [3.05, 3.63) is 17.8 Å². The maximum atomic E-state index is 5.86. The minimum atomic E-state index is 0.341. The van der Waals surface area contributed by atoms with Crippen LogP contribution in [0, 0.1) is 5.92 Å². The molecule has 1 aliphatic carbocycles. The SMILES string of the molecule is CC(C)CNCc1ccc(OC2CCCCC2)nn1. The summed E-state index contributed by atoms with van der Waals surface area (Å²) in [5.74, 6) is 1.32. The summed E-state index contributed by atoms with van der Waals surface area (Å²) in [6.07, 6.45) is 6.53. The summed E-state index contributed by atoms with van der Waals surface area (Å²) < 4.78 is 5.86. The molecule has 4 heteroatoms. The van der Waals surface area contributed by atoms with Crippen molar-refractivity contribution >= 4 is 0 Å². The van der Waals surface area contributed by atoms with Gasteiger partial charge in [0.2, 0.25) is 5.88 Å². The van der Waals surface area contributed by atoms with Crippen molar-refractivity contribution in [1.29, 1.82) is 0 Å². The van der Waals surface area contributed by atoms with Gasteiger partial charge in [0.05, 0.1) is 5.69 Å². The fraction of sp³-hybridized carbons (Fsp3) is 0.733. The molecule has 1 aromatic rings. The Bertz CT molecular complexity index is 358. The van der Waals surface area contributed by atoms with Crippen LogP contribution in [-0.4, -0.2) is 22.8 Å². The van der Waals surface area contributed by atoms with Gasteiger partial charge < -0.3 is 10.1 Å². The van der Waals surface area contributed by atoms with Crippen LogP contribution >= 0.6 is 0 Å². The molecule has 106 valence electrons. The van der Waals surface area contributed by atoms with Crippen LogP contribution in [0.2, 0.25) is 0 Å². The first kappa shape index (κ1) is 14.3. The lowest BCUT2D eigenvalue weighted by atomic mass is 9.98. The van der Waals surface area contributed by atoms with E-state index in [2.05, 4.69) is 29.4 Å². The van der Waals surface area contributed by atoms with Crippen molar-refractivity contribution in [2.24, 2.45) is 5.92 Å². The topological polar surface area (TPSA) is 47.0 Å². The lowest BCUT2D eigenvalue weighted by Crippen LogP contribution is -2.21. The lowest BCUT2D eigenvalue weighted by molar-refractivity contribution is 0.147. The quantitative estimate of drug-likeness (QED) is 0.857. The molecule has 1 saturated carbocycles. The first-order valence-corrected chi connectivity index (χ1v) is 7.44. The smallest absolute Gasteiger partial charge is 0.233 e. The summed E-state index contributed by atoms with van der Waals surface area (Å²) in [7, 11) is 0. The molecule has 0 atom stereocenters. The number of hydrogen-bond acceptors (Lipinski definition) is 4. The normalized spacial score (nSPS) is 16.8. The van der Waals surface area contributed by atoms with Crippen LogP contribution in [0.4, 0.5) is 0 Å². The molecule has 0 aliphatic heterocycles. The minimum absolute atomic E-state index is 0.341. The monoisotopic (exact) mass is 263 g/mol. The molecular formula is C15H25N3O. The summed E-state index contributed by atoms with van der Waals surface area (Å²) in [6, 6.07) is 3.94. The highest BCUT2D eigenvalue weighted by molar-refractivity contribution is 5.11. The van der Waals surface area contributed by atoms with Gasteiger partial charge in [0.25, 0.3) is 0 Å². The molecular weight excluding hydrogens is 238 g/mol. The van der Waals surface area contributed by atoms with Gasteiger partial charge >= 0.3 is 0 Å². The fourth-order valence-corrected chi connectivity index (χ4v) is 2.35. The van der Waals surface area contributed by atoms with Crippen LogP contribution in [0.25, 0.3) is 0 Å². The molecule has 1 N–H and O–H groups in total. The highest BCUT2D eigenvalue weighted by Gasteiger charge is 2.15. The van der Waals surface area contributed by atoms with Crippen molar-refractivity contribution in [1.82, 2.24) is 15.5 Å². The highest BCUT2D eigenvalue weighted by Crippen LogP contribution is 2.21. The zero-order chi connectivity index (χ0) is 13.5. The summed E-state index contributed by atoms with van der Waals surface area (Å²) in [5.41, 5.74) is 0.969. The van der Waals surface area contributed by atoms with Gasteiger partial charge in [0.15, 0.2) is 0 Å². The molecule has 0 aromatic carbocycles. The summed E-state index contributed by atoms with van der Waals surface area (Å²) in [4.78, 5) is 0. The van der Waals surface area contributed by atoms with E-state index in [1.165, 1.54) is 19.3 Å². The van der Waals surface area contributed by atoms with Crippen LogP contribution in [0.15, 0.2) is 12.1 Å². The molecule has 1 heterocycles. The molecule has 1 aromatic heterocycles. The molecule has 19 heavy (non-hydrogen) atoms. The number of hydrogen-bond donors (Lipinski definition) is 1. The second-order valence-electron chi connectivity index (χ2n) is 5.77. The van der Waals surface area contributed by atoms with E-state index in [1.54, 1.807) is 0 Å². The van der Waals surface area contributed by atoms with Crippen molar-refractivity contribution < 1.29 is 4.74 Å². The van der Waals surface area contributed by atoms with E-state index in [9.17, 15) is 0 Å². The number of rotatable bonds is 6. The molecule has 0 amide bonds. The summed E-state index contributed by atoms with van der Waals surface area (Å²) in [6.45, 7) is 6.16. The largest absolute Gasteiger partial charge is 0.473 e. The maximum absolute atomic E-state index is 5.86. The van der Waals surface area contributed by atoms with Gasteiger partial charge in [-0.15, -0.1) is 5.10 Å². The standard InChI is InChI=1S/C15H25N3O/c1-12(2)10-16-11-13-8-9-15(18-17-13)19-14-6-4-3-5-7-14/h8-9,12,14,16H,3-7,10-11H2,1-2H3. The van der Waals surface area contributed by atoms with Gasteiger partial charge in [-0.25, -0.2) is 0 Å². The third-order valence-electron chi connectivity index (χ3n) is 3.39. The predicted molar refractivity (Wildman–Crippen MR) is 76.1 cm³/mol. The summed E-state index contributed by atoms with van der Waals surface area (Å²) in [5, 5.41) is 11.7. The highest BCUT2D eigenvalue weighted by atomic mass is 16.5. The van der Waals surface area contributed by atoms with Crippen LogP contribution < -0.4 is 10.1 Å². The number of ether oxygens (including phenoxy) is 1. The van der Waals surface area contributed by atoms with Gasteiger partial charge in [0, 0.05) is 12.6 Å². The van der Waals surface area contributed by atoms with Crippen LogP contribution in [0.1, 0.15) is 51.6 Å². The van der Waals surface area contributed by atoms with E-state index in [0.717, 1.165) is 31.6 Å². The number of nitrogens with one attached hydrogen (secondary N) is 1. The van der Waals surface area contributed by atoms with Gasteiger partial charge in [0.1, 0.15) is 6.10 Å². The second kappa shape index (κ2) is 7.43. The van der Waals surface area contributed by atoms with E-state index in [0.29, 0.717) is 17.9 Å². The van der Waals surface area contributed by atoms with Crippen molar-refractivity contribution in [3.8, 4) is 5.88 Å². The Balaban J connectivity index is 1.77. The van der Waals surface area contributed by atoms with Crippen molar-refractivity contribution in [2.45, 2.75) is 58.6 Å². The first-order valence-electron chi connectivity index (χ1n) is 7.44. The molecule has 0 saturated heterocycles. The van der Waals surface area contributed by atoms with Crippen LogP contribution in [-0.2, 0) is 6.54 Å². The number of aromatic nitrogens is 2. The Labute approximate surface area is 116 Å². The molecule has 1 fully saturated rings.